The second kappa shape index (κ2) is 9.92. The molecule has 0 saturated heterocycles. The molecule has 0 unspecified atom stereocenters. The van der Waals surface area contributed by atoms with Gasteiger partial charge in [0, 0.05) is 23.4 Å². The number of aliphatic hydroxyl groups is 1. The minimum absolute atomic E-state index is 0. The lowest BCUT2D eigenvalue weighted by atomic mass is 10.0. The Balaban J connectivity index is 0.00000272. The first-order valence-electron chi connectivity index (χ1n) is 9.96. The molecule has 0 fully saturated rings. The number of nitrogens with zero attached hydrogens (tertiary/aromatic N) is 2. The van der Waals surface area contributed by atoms with Crippen LogP contribution in [0.25, 0.3) is 10.8 Å². The number of carbonyl (C=O) groups is 1. The predicted molar refractivity (Wildman–Crippen MR) is 130 cm³/mol. The van der Waals surface area contributed by atoms with Crippen molar-refractivity contribution in [1.82, 2.24) is 4.90 Å². The lowest BCUT2D eigenvalue weighted by molar-refractivity contribution is -0.126. The highest BCUT2D eigenvalue weighted by atomic mass is 35.5. The van der Waals surface area contributed by atoms with Crippen LogP contribution < -0.4 is 9.64 Å². The van der Waals surface area contributed by atoms with E-state index >= 15 is 0 Å². The molecule has 2 atom stereocenters. The molecular formula is C24H27ClN2O3S. The fourth-order valence-corrected chi connectivity index (χ4v) is 5.10. The topological polar surface area (TPSA) is 53.0 Å². The van der Waals surface area contributed by atoms with Crippen LogP contribution in [0.4, 0.5) is 5.69 Å². The van der Waals surface area contributed by atoms with Crippen molar-refractivity contribution in [1.29, 1.82) is 0 Å². The summed E-state index contributed by atoms with van der Waals surface area (Å²) in [5.41, 5.74) is 1.75. The maximum Gasteiger partial charge on any atom is 0.257 e. The second-order valence-corrected chi connectivity index (χ2v) is 8.86. The Labute approximate surface area is 193 Å². The highest BCUT2D eigenvalue weighted by Gasteiger charge is 2.36. The van der Waals surface area contributed by atoms with Crippen LogP contribution in [0, 0.1) is 0 Å². The van der Waals surface area contributed by atoms with Crippen LogP contribution in [0.2, 0.25) is 0 Å². The third-order valence-electron chi connectivity index (χ3n) is 5.41. The molecule has 1 amide bonds. The van der Waals surface area contributed by atoms with Gasteiger partial charge in [0.05, 0.1) is 18.0 Å². The van der Waals surface area contributed by atoms with E-state index in [-0.39, 0.29) is 18.3 Å². The number of benzene rings is 3. The Kier molecular flexibility index (Phi) is 7.49. The number of anilines is 1. The van der Waals surface area contributed by atoms with Gasteiger partial charge in [-0.1, -0.05) is 36.4 Å². The zero-order chi connectivity index (χ0) is 21.3. The third-order valence-corrected chi connectivity index (χ3v) is 6.79. The first-order chi connectivity index (χ1) is 14.5. The van der Waals surface area contributed by atoms with E-state index in [1.165, 1.54) is 11.8 Å². The number of rotatable bonds is 5. The predicted octanol–water partition coefficient (Wildman–Crippen LogP) is 4.37. The van der Waals surface area contributed by atoms with Crippen molar-refractivity contribution in [2.24, 2.45) is 0 Å². The average Bonchev–Trinajstić information content (AvgIpc) is 2.76. The van der Waals surface area contributed by atoms with Gasteiger partial charge < -0.3 is 19.6 Å². The van der Waals surface area contributed by atoms with E-state index in [9.17, 15) is 9.90 Å². The molecule has 0 aromatic heterocycles. The van der Waals surface area contributed by atoms with Crippen LogP contribution in [0.1, 0.15) is 10.8 Å². The zero-order valence-electron chi connectivity index (χ0n) is 17.8. The maximum atomic E-state index is 13.5. The van der Waals surface area contributed by atoms with E-state index in [2.05, 4.69) is 18.2 Å². The van der Waals surface area contributed by atoms with Gasteiger partial charge in [0.1, 0.15) is 11.9 Å². The summed E-state index contributed by atoms with van der Waals surface area (Å²) in [4.78, 5) is 18.3. The number of methoxy groups -OCH3 is 1. The summed E-state index contributed by atoms with van der Waals surface area (Å²) >= 11 is 1.54. The van der Waals surface area contributed by atoms with Crippen LogP contribution in [0.5, 0.6) is 5.75 Å². The highest BCUT2D eigenvalue weighted by Crippen LogP contribution is 2.46. The average molecular weight is 459 g/mol. The lowest BCUT2D eigenvalue weighted by Gasteiger charge is -2.33. The zero-order valence-corrected chi connectivity index (χ0v) is 19.5. The van der Waals surface area contributed by atoms with E-state index in [0.29, 0.717) is 13.1 Å². The van der Waals surface area contributed by atoms with Crippen LogP contribution in [0.15, 0.2) is 65.6 Å². The molecule has 7 heteroatoms. The van der Waals surface area contributed by atoms with Crippen molar-refractivity contribution in [2.75, 3.05) is 39.2 Å². The molecule has 5 nitrogen and oxygen atoms in total. The first kappa shape index (κ1) is 23.4. The third kappa shape index (κ3) is 4.67. The summed E-state index contributed by atoms with van der Waals surface area (Å²) in [7, 11) is 5.59. The molecule has 0 saturated carbocycles. The van der Waals surface area contributed by atoms with Crippen LogP contribution >= 0.6 is 24.2 Å². The molecule has 1 heterocycles. The van der Waals surface area contributed by atoms with Gasteiger partial charge in [0.2, 0.25) is 0 Å². The van der Waals surface area contributed by atoms with Crippen molar-refractivity contribution in [3.8, 4) is 5.75 Å². The van der Waals surface area contributed by atoms with Gasteiger partial charge >= 0.3 is 0 Å². The lowest BCUT2D eigenvalue weighted by Crippen LogP contribution is -2.45. The van der Waals surface area contributed by atoms with E-state index < -0.39 is 11.4 Å². The normalized spacial score (nSPS) is 18.5. The maximum absolute atomic E-state index is 13.5. The number of thioether (sulfide) groups is 1. The standard InChI is InChI=1S/C24H26N2O3S.ClH/c1-25(2)14-15-26-19-8-4-6-16-7-5-9-20(21(16)19)30-23(22(27)24(26)28)17-10-12-18(29-3)13-11-17;/h4-13,22-23,27H,14-15H2,1-3H3;1H/t22-,23+;/m1./s1. The van der Waals surface area contributed by atoms with Gasteiger partial charge in [-0.05, 0) is 49.3 Å². The van der Waals surface area contributed by atoms with E-state index in [1.54, 1.807) is 12.0 Å². The molecule has 0 spiro atoms. The fourth-order valence-electron chi connectivity index (χ4n) is 3.79. The van der Waals surface area contributed by atoms with Crippen molar-refractivity contribution in [3.63, 3.8) is 0 Å². The SMILES string of the molecule is COc1ccc([C@@H]2Sc3cccc4cccc(c34)N(CCN(C)C)C(=O)[C@@H]2O)cc1.Cl. The molecule has 0 aliphatic carbocycles. The number of hydrogen-bond donors (Lipinski definition) is 1. The molecule has 4 rings (SSSR count). The van der Waals surface area contributed by atoms with E-state index in [0.717, 1.165) is 32.7 Å². The fraction of sp³-hybridized carbons (Fsp3) is 0.292. The summed E-state index contributed by atoms with van der Waals surface area (Å²) in [6.07, 6.45) is -1.16. The Hall–Kier alpha value is -2.25. The molecular weight excluding hydrogens is 432 g/mol. The molecule has 3 aromatic rings. The van der Waals surface area contributed by atoms with Crippen molar-refractivity contribution in [2.45, 2.75) is 16.2 Å². The highest BCUT2D eigenvalue weighted by molar-refractivity contribution is 7.99. The smallest absolute Gasteiger partial charge is 0.257 e. The molecule has 1 aliphatic heterocycles. The number of amides is 1. The van der Waals surface area contributed by atoms with Gasteiger partial charge in [0.25, 0.3) is 5.91 Å². The van der Waals surface area contributed by atoms with Gasteiger partial charge in [-0.25, -0.2) is 0 Å². The molecule has 164 valence electrons. The van der Waals surface area contributed by atoms with E-state index in [4.69, 9.17) is 4.74 Å². The van der Waals surface area contributed by atoms with Crippen molar-refractivity contribution >= 4 is 46.5 Å². The summed E-state index contributed by atoms with van der Waals surface area (Å²) in [5.74, 6) is 0.475. The first-order valence-corrected chi connectivity index (χ1v) is 10.8. The molecule has 31 heavy (non-hydrogen) atoms. The second-order valence-electron chi connectivity index (χ2n) is 7.68. The molecule has 3 aromatic carbocycles. The van der Waals surface area contributed by atoms with Crippen molar-refractivity contribution in [3.05, 3.63) is 66.2 Å². The van der Waals surface area contributed by atoms with Gasteiger partial charge in [-0.3, -0.25) is 4.79 Å². The Morgan fingerprint density at radius 1 is 1.06 bits per heavy atom. The summed E-state index contributed by atoms with van der Waals surface area (Å²) in [6.45, 7) is 1.22. The number of hydrogen-bond acceptors (Lipinski definition) is 5. The Bertz CT molecular complexity index is 1050. The van der Waals surface area contributed by atoms with Crippen LogP contribution in [0.3, 0.4) is 0 Å². The Morgan fingerprint density at radius 3 is 2.39 bits per heavy atom. The van der Waals surface area contributed by atoms with Gasteiger partial charge in [0.15, 0.2) is 0 Å². The number of aliphatic hydroxyl groups excluding tert-OH is 1. The quantitative estimate of drug-likeness (QED) is 0.615. The molecule has 0 radical (unpaired) electrons. The Morgan fingerprint density at radius 2 is 1.74 bits per heavy atom. The molecule has 1 N–H and O–H groups in total. The minimum atomic E-state index is -1.16. The monoisotopic (exact) mass is 458 g/mol. The van der Waals surface area contributed by atoms with E-state index in [1.807, 2.05) is 61.5 Å². The summed E-state index contributed by atoms with van der Waals surface area (Å²) in [5, 5.41) is 12.9. The van der Waals surface area contributed by atoms with Crippen molar-refractivity contribution < 1.29 is 14.6 Å². The molecule has 0 bridgehead atoms. The number of carbonyl (C=O) groups excluding carboxylic acids is 1. The van der Waals surface area contributed by atoms with Gasteiger partial charge in [-0.15, -0.1) is 24.2 Å². The van der Waals surface area contributed by atoms with Crippen LogP contribution in [-0.4, -0.2) is 56.3 Å². The number of likely N-dealkylation sites (N-methyl/N-ethyl adjacent to an activating group) is 1. The van der Waals surface area contributed by atoms with Crippen LogP contribution in [-0.2, 0) is 4.79 Å². The largest absolute Gasteiger partial charge is 0.497 e. The summed E-state index contributed by atoms with van der Waals surface area (Å²) < 4.78 is 5.26. The number of halogens is 1. The minimum Gasteiger partial charge on any atom is -0.497 e. The number of ether oxygens (including phenoxy) is 1. The molecule has 1 aliphatic rings. The van der Waals surface area contributed by atoms with Gasteiger partial charge in [-0.2, -0.15) is 0 Å². The summed E-state index contributed by atoms with van der Waals surface area (Å²) in [6, 6.07) is 19.7.